The largest absolute Gasteiger partial charge is 0.402 e. The van der Waals surface area contributed by atoms with Crippen LogP contribution in [0, 0.1) is 0 Å². The summed E-state index contributed by atoms with van der Waals surface area (Å²) in [6, 6.07) is 0. The summed E-state index contributed by atoms with van der Waals surface area (Å²) in [5.74, 6) is 5.89. The van der Waals surface area contributed by atoms with Crippen molar-refractivity contribution in [2.24, 2.45) is 0 Å². The molecule has 2 N–H and O–H groups in total. The van der Waals surface area contributed by atoms with Gasteiger partial charge in [0.15, 0.2) is 0 Å². The highest BCUT2D eigenvalue weighted by Gasteiger charge is 2.25. The lowest BCUT2D eigenvalue weighted by atomic mass is 10.7. The summed E-state index contributed by atoms with van der Waals surface area (Å²) >= 11 is 0. The first-order valence-corrected chi connectivity index (χ1v) is 1.52. The monoisotopic (exact) mass is 113 g/mol. The molecule has 0 aliphatic rings. The van der Waals surface area contributed by atoms with Gasteiger partial charge in [0, 0.05) is 0 Å². The van der Waals surface area contributed by atoms with Crippen LogP contribution >= 0.6 is 0 Å². The van der Waals surface area contributed by atoms with Crippen LogP contribution in [0.25, 0.3) is 0 Å². The standard InChI is InChI=1S/C2H4F3N2/c3-2(4,5)1-7-6/h6-7H,1H2. The zero-order valence-electron chi connectivity index (χ0n) is 3.34. The third-order valence-corrected chi connectivity index (χ3v) is 0.289. The van der Waals surface area contributed by atoms with Gasteiger partial charge in [-0.1, -0.05) is 0 Å². The van der Waals surface area contributed by atoms with E-state index in [4.69, 9.17) is 5.84 Å². The van der Waals surface area contributed by atoms with E-state index in [9.17, 15) is 13.2 Å². The number of hydrogen-bond donors (Lipinski definition) is 1. The van der Waals surface area contributed by atoms with E-state index >= 15 is 0 Å². The molecule has 0 saturated heterocycles. The molecule has 0 unspecified atom stereocenters. The van der Waals surface area contributed by atoms with Crippen molar-refractivity contribution < 1.29 is 13.2 Å². The molecule has 43 valence electrons. The molecular formula is C2H4F3N2. The summed E-state index contributed by atoms with van der Waals surface area (Å²) in [5.41, 5.74) is 1.23. The van der Waals surface area contributed by atoms with Crippen LogP contribution in [0.15, 0.2) is 0 Å². The van der Waals surface area contributed by atoms with Crippen molar-refractivity contribution in [3.05, 3.63) is 0 Å². The first kappa shape index (κ1) is 6.71. The van der Waals surface area contributed by atoms with E-state index in [1.165, 1.54) is 5.43 Å². The molecule has 0 spiro atoms. The average Bonchev–Trinajstić information content (AvgIpc) is 1.30. The lowest BCUT2D eigenvalue weighted by Crippen LogP contribution is -2.27. The highest BCUT2D eigenvalue weighted by molar-refractivity contribution is 4.47. The third-order valence-electron chi connectivity index (χ3n) is 0.289. The second-order valence-electron chi connectivity index (χ2n) is 0.969. The maximum atomic E-state index is 10.9. The molecule has 0 aromatic rings. The second-order valence-corrected chi connectivity index (χ2v) is 0.969. The zero-order chi connectivity index (χ0) is 5.91. The van der Waals surface area contributed by atoms with E-state index in [0.717, 1.165) is 0 Å². The minimum atomic E-state index is -4.25. The fraction of sp³-hybridized carbons (Fsp3) is 1.00. The van der Waals surface area contributed by atoms with Crippen LogP contribution in [0.1, 0.15) is 0 Å². The fourth-order valence-corrected chi connectivity index (χ4v) is 0.100. The highest BCUT2D eigenvalue weighted by atomic mass is 19.4. The van der Waals surface area contributed by atoms with E-state index < -0.39 is 12.7 Å². The van der Waals surface area contributed by atoms with Gasteiger partial charge in [0.1, 0.15) is 6.54 Å². The Morgan fingerprint density at radius 1 is 1.43 bits per heavy atom. The van der Waals surface area contributed by atoms with Gasteiger partial charge in [-0.3, -0.25) is 0 Å². The van der Waals surface area contributed by atoms with Crippen LogP contribution in [-0.4, -0.2) is 12.7 Å². The minimum absolute atomic E-state index is 1.23. The summed E-state index contributed by atoms with van der Waals surface area (Å²) in [7, 11) is 0. The third kappa shape index (κ3) is 5.71. The average molecular weight is 113 g/mol. The molecule has 0 bridgehead atoms. The summed E-state index contributed by atoms with van der Waals surface area (Å²) in [4.78, 5) is 0. The van der Waals surface area contributed by atoms with E-state index in [-0.39, 0.29) is 0 Å². The first-order valence-electron chi connectivity index (χ1n) is 1.52. The Morgan fingerprint density at radius 3 is 1.86 bits per heavy atom. The Hall–Kier alpha value is -0.290. The molecule has 0 aliphatic heterocycles. The molecule has 2 nitrogen and oxygen atoms in total. The number of nitrogens with one attached hydrogen (secondary N) is 2. The molecule has 7 heavy (non-hydrogen) atoms. The maximum Gasteiger partial charge on any atom is 0.402 e. The van der Waals surface area contributed by atoms with Gasteiger partial charge in [-0.15, -0.1) is 0 Å². The number of rotatable bonds is 1. The summed E-state index contributed by atoms with van der Waals surface area (Å²) in [6.07, 6.45) is -4.25. The molecule has 0 atom stereocenters. The Labute approximate surface area is 38.5 Å². The van der Waals surface area contributed by atoms with Crippen LogP contribution in [0.3, 0.4) is 0 Å². The summed E-state index contributed by atoms with van der Waals surface area (Å²) in [5, 5.41) is 0. The van der Waals surface area contributed by atoms with E-state index in [2.05, 4.69) is 0 Å². The van der Waals surface area contributed by atoms with Gasteiger partial charge in [-0.2, -0.15) is 19.0 Å². The lowest BCUT2D eigenvalue weighted by molar-refractivity contribution is -0.125. The Balaban J connectivity index is 3.15. The first-order chi connectivity index (χ1) is 3.06. The second kappa shape index (κ2) is 2.13. The molecule has 0 fully saturated rings. The van der Waals surface area contributed by atoms with Gasteiger partial charge < -0.3 is 0 Å². The van der Waals surface area contributed by atoms with Gasteiger partial charge in [0.25, 0.3) is 0 Å². The number of hydrogen-bond acceptors (Lipinski definition) is 1. The maximum absolute atomic E-state index is 10.9. The van der Waals surface area contributed by atoms with Gasteiger partial charge in [-0.25, -0.2) is 5.43 Å². The predicted molar refractivity (Wildman–Crippen MR) is 17.2 cm³/mol. The fourth-order valence-electron chi connectivity index (χ4n) is 0.100. The van der Waals surface area contributed by atoms with Gasteiger partial charge in [-0.05, 0) is 0 Å². The molecule has 0 amide bonds. The van der Waals surface area contributed by atoms with Crippen LogP contribution in [0.4, 0.5) is 13.2 Å². The van der Waals surface area contributed by atoms with Crippen LogP contribution < -0.4 is 11.3 Å². The summed E-state index contributed by atoms with van der Waals surface area (Å²) < 4.78 is 32.6. The number of halogens is 3. The Kier molecular flexibility index (Phi) is 2.04. The van der Waals surface area contributed by atoms with E-state index in [0.29, 0.717) is 0 Å². The van der Waals surface area contributed by atoms with Crippen molar-refractivity contribution in [3.63, 3.8) is 0 Å². The Bertz CT molecular complexity index is 49.4. The lowest BCUT2D eigenvalue weighted by Gasteiger charge is -2.00. The van der Waals surface area contributed by atoms with Gasteiger partial charge >= 0.3 is 6.18 Å². The molecule has 5 heteroatoms. The van der Waals surface area contributed by atoms with Gasteiger partial charge in [0.2, 0.25) is 0 Å². The smallest absolute Gasteiger partial charge is 0.234 e. The quantitative estimate of drug-likeness (QED) is 0.489. The minimum Gasteiger partial charge on any atom is -0.234 e. The van der Waals surface area contributed by atoms with Crippen molar-refractivity contribution in [3.8, 4) is 0 Å². The van der Waals surface area contributed by atoms with Crippen molar-refractivity contribution in [1.82, 2.24) is 11.3 Å². The van der Waals surface area contributed by atoms with Crippen molar-refractivity contribution in [2.75, 3.05) is 6.54 Å². The van der Waals surface area contributed by atoms with Gasteiger partial charge in [0.05, 0.1) is 0 Å². The van der Waals surface area contributed by atoms with E-state index in [1.54, 1.807) is 0 Å². The Morgan fingerprint density at radius 2 is 1.86 bits per heavy atom. The van der Waals surface area contributed by atoms with Crippen LogP contribution in [-0.2, 0) is 0 Å². The molecule has 0 rings (SSSR count). The normalized spacial score (nSPS) is 12.0. The number of alkyl halides is 3. The highest BCUT2D eigenvalue weighted by Crippen LogP contribution is 2.11. The predicted octanol–water partition coefficient (Wildman–Crippen LogP) is 0.336. The molecule has 0 heterocycles. The molecule has 0 saturated carbocycles. The van der Waals surface area contributed by atoms with Crippen LogP contribution in [0.5, 0.6) is 0 Å². The zero-order valence-corrected chi connectivity index (χ0v) is 3.34. The molecule has 1 radical (unpaired) electrons. The summed E-state index contributed by atoms with van der Waals surface area (Å²) in [6.45, 7) is -1.24. The topological polar surface area (TPSA) is 35.8 Å². The molecule has 0 aromatic heterocycles. The SMILES string of the molecule is [NH]NCC(F)(F)F. The van der Waals surface area contributed by atoms with Crippen molar-refractivity contribution in [1.29, 1.82) is 0 Å². The molecule has 0 aliphatic carbocycles. The van der Waals surface area contributed by atoms with E-state index in [1.807, 2.05) is 0 Å². The molecular weight excluding hydrogens is 109 g/mol. The molecule has 0 aromatic carbocycles. The van der Waals surface area contributed by atoms with Crippen molar-refractivity contribution >= 4 is 0 Å². The van der Waals surface area contributed by atoms with Crippen molar-refractivity contribution in [2.45, 2.75) is 6.18 Å². The van der Waals surface area contributed by atoms with Crippen LogP contribution in [0.2, 0.25) is 0 Å².